The van der Waals surface area contributed by atoms with Gasteiger partial charge in [-0.05, 0) is 79.8 Å². The molecule has 4 rings (SSSR count). The topological polar surface area (TPSA) is 61.4 Å². The van der Waals surface area contributed by atoms with Crippen LogP contribution in [-0.2, 0) is 4.79 Å². The van der Waals surface area contributed by atoms with Gasteiger partial charge >= 0.3 is 6.03 Å². The van der Waals surface area contributed by atoms with E-state index in [0.717, 1.165) is 17.7 Å². The SMILES string of the molecule is Cc1ccccc1-c1ccc(N2CCC[C@](C)(NC(=O)Nc3ccc(Cl)cc3)C2=O)cc1. The molecule has 3 aromatic rings. The Bertz CT molecular complexity index is 1130. The van der Waals surface area contributed by atoms with Crippen molar-refractivity contribution in [3.63, 3.8) is 0 Å². The third kappa shape index (κ3) is 4.63. The van der Waals surface area contributed by atoms with Gasteiger partial charge in [-0.15, -0.1) is 0 Å². The maximum absolute atomic E-state index is 13.4. The van der Waals surface area contributed by atoms with Crippen LogP contribution in [0.1, 0.15) is 25.3 Å². The van der Waals surface area contributed by atoms with Crippen LogP contribution in [0.2, 0.25) is 5.02 Å². The summed E-state index contributed by atoms with van der Waals surface area (Å²) in [5.74, 6) is -0.112. The van der Waals surface area contributed by atoms with Crippen LogP contribution in [0.4, 0.5) is 16.2 Å². The molecule has 32 heavy (non-hydrogen) atoms. The van der Waals surface area contributed by atoms with E-state index >= 15 is 0 Å². The Hall–Kier alpha value is -3.31. The van der Waals surface area contributed by atoms with Crippen molar-refractivity contribution in [2.45, 2.75) is 32.2 Å². The Morgan fingerprint density at radius 2 is 1.69 bits per heavy atom. The molecule has 0 saturated carbocycles. The van der Waals surface area contributed by atoms with Gasteiger partial charge < -0.3 is 15.5 Å². The summed E-state index contributed by atoms with van der Waals surface area (Å²) in [5.41, 5.74) is 3.95. The molecule has 164 valence electrons. The molecule has 1 aliphatic rings. The number of carbonyl (C=O) groups is 2. The first-order valence-corrected chi connectivity index (χ1v) is 11.1. The molecule has 0 radical (unpaired) electrons. The lowest BCUT2D eigenvalue weighted by molar-refractivity contribution is -0.125. The number of rotatable bonds is 4. The van der Waals surface area contributed by atoms with Gasteiger partial charge in [-0.25, -0.2) is 4.79 Å². The summed E-state index contributed by atoms with van der Waals surface area (Å²) in [6, 6.07) is 22.7. The summed E-state index contributed by atoms with van der Waals surface area (Å²) in [4.78, 5) is 27.7. The number of piperidine rings is 1. The number of urea groups is 1. The first-order valence-electron chi connectivity index (χ1n) is 10.7. The largest absolute Gasteiger partial charge is 0.324 e. The zero-order valence-corrected chi connectivity index (χ0v) is 18.9. The maximum atomic E-state index is 13.4. The highest BCUT2D eigenvalue weighted by Crippen LogP contribution is 2.30. The van der Waals surface area contributed by atoms with Crippen molar-refractivity contribution in [1.29, 1.82) is 0 Å². The summed E-state index contributed by atoms with van der Waals surface area (Å²) in [5, 5.41) is 6.24. The molecule has 3 aromatic carbocycles. The summed E-state index contributed by atoms with van der Waals surface area (Å²) < 4.78 is 0. The van der Waals surface area contributed by atoms with Crippen LogP contribution in [0.25, 0.3) is 11.1 Å². The van der Waals surface area contributed by atoms with Gasteiger partial charge in [0.05, 0.1) is 0 Å². The minimum absolute atomic E-state index is 0.112. The fourth-order valence-corrected chi connectivity index (χ4v) is 4.25. The number of anilines is 2. The van der Waals surface area contributed by atoms with Crippen molar-refractivity contribution in [2.75, 3.05) is 16.8 Å². The lowest BCUT2D eigenvalue weighted by Crippen LogP contribution is -2.61. The smallest absolute Gasteiger partial charge is 0.320 e. The minimum atomic E-state index is -0.983. The number of hydrogen-bond acceptors (Lipinski definition) is 2. The van der Waals surface area contributed by atoms with Crippen molar-refractivity contribution in [3.05, 3.63) is 83.4 Å². The van der Waals surface area contributed by atoms with E-state index in [1.165, 1.54) is 11.1 Å². The molecule has 1 fully saturated rings. The molecule has 1 heterocycles. The number of nitrogens with zero attached hydrogens (tertiary/aromatic N) is 1. The lowest BCUT2D eigenvalue weighted by atomic mass is 9.89. The van der Waals surface area contributed by atoms with Crippen LogP contribution in [0.5, 0.6) is 0 Å². The molecule has 0 unspecified atom stereocenters. The van der Waals surface area contributed by atoms with Crippen LogP contribution in [0.3, 0.4) is 0 Å². The van der Waals surface area contributed by atoms with Gasteiger partial charge in [-0.1, -0.05) is 48.0 Å². The van der Waals surface area contributed by atoms with Gasteiger partial charge in [0.2, 0.25) is 0 Å². The molecule has 0 spiro atoms. The first kappa shape index (κ1) is 21.9. The van der Waals surface area contributed by atoms with E-state index in [2.05, 4.69) is 29.7 Å². The van der Waals surface area contributed by atoms with Crippen LogP contribution in [0, 0.1) is 6.92 Å². The predicted octanol–water partition coefficient (Wildman–Crippen LogP) is 6.02. The molecule has 0 aliphatic carbocycles. The highest BCUT2D eigenvalue weighted by molar-refractivity contribution is 6.30. The molecule has 1 aliphatic heterocycles. The Balaban J connectivity index is 1.48. The fourth-order valence-electron chi connectivity index (χ4n) is 4.12. The minimum Gasteiger partial charge on any atom is -0.324 e. The molecular weight excluding hydrogens is 422 g/mol. The van der Waals surface area contributed by atoms with E-state index in [9.17, 15) is 9.59 Å². The quantitative estimate of drug-likeness (QED) is 0.513. The number of benzene rings is 3. The van der Waals surface area contributed by atoms with Crippen LogP contribution in [0.15, 0.2) is 72.8 Å². The molecule has 5 nitrogen and oxygen atoms in total. The third-order valence-corrected chi connectivity index (χ3v) is 6.15. The first-order chi connectivity index (χ1) is 15.4. The van der Waals surface area contributed by atoms with Gasteiger partial charge in [0.1, 0.15) is 5.54 Å². The van der Waals surface area contributed by atoms with E-state index in [4.69, 9.17) is 11.6 Å². The van der Waals surface area contributed by atoms with Gasteiger partial charge in [0.15, 0.2) is 0 Å². The zero-order valence-electron chi connectivity index (χ0n) is 18.2. The van der Waals surface area contributed by atoms with Crippen LogP contribution in [-0.4, -0.2) is 24.0 Å². The zero-order chi connectivity index (χ0) is 22.7. The molecule has 3 amide bonds. The Kier molecular flexibility index (Phi) is 6.19. The van der Waals surface area contributed by atoms with Gasteiger partial charge in [-0.2, -0.15) is 0 Å². The number of amides is 3. The monoisotopic (exact) mass is 447 g/mol. The summed E-state index contributed by atoms with van der Waals surface area (Å²) in [6.45, 7) is 4.49. The number of aryl methyl sites for hydroxylation is 1. The fraction of sp³-hybridized carbons (Fsp3) is 0.231. The molecule has 2 N–H and O–H groups in total. The van der Waals surface area contributed by atoms with E-state index in [1.54, 1.807) is 36.1 Å². The van der Waals surface area contributed by atoms with E-state index in [1.807, 2.05) is 36.4 Å². The lowest BCUT2D eigenvalue weighted by Gasteiger charge is -2.39. The van der Waals surface area contributed by atoms with Gasteiger partial charge in [0, 0.05) is 22.9 Å². The number of hydrogen-bond donors (Lipinski definition) is 2. The van der Waals surface area contributed by atoms with Crippen LogP contribution < -0.4 is 15.5 Å². The summed E-state index contributed by atoms with van der Waals surface area (Å²) in [6.07, 6.45) is 1.38. The number of carbonyl (C=O) groups excluding carboxylic acids is 2. The average Bonchev–Trinajstić information content (AvgIpc) is 2.78. The molecule has 0 aromatic heterocycles. The number of halogens is 1. The molecular formula is C26H26ClN3O2. The molecule has 6 heteroatoms. The van der Waals surface area contributed by atoms with E-state index in [-0.39, 0.29) is 5.91 Å². The van der Waals surface area contributed by atoms with Gasteiger partial charge in [0.25, 0.3) is 5.91 Å². The highest BCUT2D eigenvalue weighted by atomic mass is 35.5. The van der Waals surface area contributed by atoms with Crippen molar-refractivity contribution in [1.82, 2.24) is 5.32 Å². The standard InChI is InChI=1S/C26H26ClN3O2/c1-18-6-3-4-7-23(18)19-8-14-22(15-9-19)30-17-5-16-26(2,24(30)31)29-25(32)28-21-12-10-20(27)11-13-21/h3-4,6-15H,5,16-17H2,1-2H3,(H2,28,29,32)/t26-/m0/s1. The second-order valence-corrected chi connectivity index (χ2v) is 8.78. The summed E-state index contributed by atoms with van der Waals surface area (Å²) >= 11 is 5.89. The Morgan fingerprint density at radius 3 is 2.38 bits per heavy atom. The van der Waals surface area contributed by atoms with Crippen molar-refractivity contribution < 1.29 is 9.59 Å². The van der Waals surface area contributed by atoms with Crippen molar-refractivity contribution in [3.8, 4) is 11.1 Å². The molecule has 0 bridgehead atoms. The Morgan fingerprint density at radius 1 is 1.00 bits per heavy atom. The normalized spacial score (nSPS) is 18.3. The molecule has 1 saturated heterocycles. The van der Waals surface area contributed by atoms with Crippen molar-refractivity contribution >= 4 is 34.9 Å². The van der Waals surface area contributed by atoms with Crippen LogP contribution >= 0.6 is 11.6 Å². The van der Waals surface area contributed by atoms with E-state index in [0.29, 0.717) is 23.7 Å². The second-order valence-electron chi connectivity index (χ2n) is 8.34. The summed E-state index contributed by atoms with van der Waals surface area (Å²) in [7, 11) is 0. The van der Waals surface area contributed by atoms with Gasteiger partial charge in [-0.3, -0.25) is 4.79 Å². The molecule has 1 atom stereocenters. The third-order valence-electron chi connectivity index (χ3n) is 5.90. The maximum Gasteiger partial charge on any atom is 0.320 e. The predicted molar refractivity (Wildman–Crippen MR) is 130 cm³/mol. The van der Waals surface area contributed by atoms with E-state index < -0.39 is 11.6 Å². The highest BCUT2D eigenvalue weighted by Gasteiger charge is 2.41. The Labute approximate surface area is 193 Å². The van der Waals surface area contributed by atoms with Crippen molar-refractivity contribution in [2.24, 2.45) is 0 Å². The second kappa shape index (κ2) is 9.05. The number of nitrogens with one attached hydrogen (secondary N) is 2. The average molecular weight is 448 g/mol.